The van der Waals surface area contributed by atoms with E-state index in [1.165, 1.54) is 11.3 Å². The van der Waals surface area contributed by atoms with Crippen LogP contribution in [0.4, 0.5) is 11.6 Å². The highest BCUT2D eigenvalue weighted by atomic mass is 32.1. The summed E-state index contributed by atoms with van der Waals surface area (Å²) in [5, 5.41) is 2.94. The Bertz CT molecular complexity index is 728. The number of hydrogen-bond acceptors (Lipinski definition) is 7. The van der Waals surface area contributed by atoms with Gasteiger partial charge in [-0.25, -0.2) is 15.0 Å². The number of anilines is 2. The predicted molar refractivity (Wildman–Crippen MR) is 96.0 cm³/mol. The van der Waals surface area contributed by atoms with Crippen molar-refractivity contribution in [2.45, 2.75) is 20.8 Å². The average molecular weight is 346 g/mol. The number of likely N-dealkylation sites (N-methyl/N-ethyl adjacent to an activating group) is 1. The first kappa shape index (κ1) is 16.8. The van der Waals surface area contributed by atoms with Crippen LogP contribution >= 0.6 is 11.3 Å². The molecule has 0 saturated carbocycles. The summed E-state index contributed by atoms with van der Waals surface area (Å²) < 4.78 is 0. The van der Waals surface area contributed by atoms with Crippen LogP contribution in [0.2, 0.25) is 0 Å². The van der Waals surface area contributed by atoms with Crippen LogP contribution in [0.3, 0.4) is 0 Å². The lowest BCUT2D eigenvalue weighted by Gasteiger charge is -2.32. The molecule has 3 rings (SSSR count). The van der Waals surface area contributed by atoms with E-state index in [-0.39, 0.29) is 5.91 Å². The third-order valence-electron chi connectivity index (χ3n) is 4.24. The van der Waals surface area contributed by atoms with Gasteiger partial charge in [0.2, 0.25) is 5.95 Å². The van der Waals surface area contributed by atoms with Gasteiger partial charge in [-0.05, 0) is 27.8 Å². The number of carbonyl (C=O) groups is 1. The Morgan fingerprint density at radius 3 is 2.25 bits per heavy atom. The van der Waals surface area contributed by atoms with E-state index < -0.39 is 0 Å². The van der Waals surface area contributed by atoms with Gasteiger partial charge in [-0.3, -0.25) is 4.79 Å². The number of aromatic nitrogens is 3. The van der Waals surface area contributed by atoms with E-state index in [0.29, 0.717) is 10.6 Å². The number of hydrogen-bond donors (Lipinski definition) is 1. The van der Waals surface area contributed by atoms with E-state index in [9.17, 15) is 4.79 Å². The van der Waals surface area contributed by atoms with Crippen molar-refractivity contribution in [3.8, 4) is 0 Å². The Morgan fingerprint density at radius 2 is 1.71 bits per heavy atom. The first-order chi connectivity index (χ1) is 11.5. The van der Waals surface area contributed by atoms with Gasteiger partial charge in [0.25, 0.3) is 5.91 Å². The lowest BCUT2D eigenvalue weighted by molar-refractivity contribution is 0.102. The van der Waals surface area contributed by atoms with Gasteiger partial charge in [0.15, 0.2) is 0 Å². The standard InChI is InChI=1S/C16H22N6OS/c1-10-13(20-15(23)14-12(3)17-9-24-14)11(2)19-16(18-10)22-7-5-21(4)6-8-22/h9H,5-8H2,1-4H3,(H,20,23). The van der Waals surface area contributed by atoms with Gasteiger partial charge in [0.05, 0.1) is 28.3 Å². The highest BCUT2D eigenvalue weighted by Gasteiger charge is 2.20. The first-order valence-electron chi connectivity index (χ1n) is 7.96. The van der Waals surface area contributed by atoms with E-state index in [1.807, 2.05) is 20.8 Å². The summed E-state index contributed by atoms with van der Waals surface area (Å²) in [5.74, 6) is 0.585. The minimum Gasteiger partial charge on any atom is -0.338 e. The Hall–Kier alpha value is -2.06. The molecule has 0 radical (unpaired) electrons. The number of piperazine rings is 1. The summed E-state index contributed by atoms with van der Waals surface area (Å²) in [5.41, 5.74) is 4.67. The number of carbonyl (C=O) groups excluding carboxylic acids is 1. The zero-order valence-electron chi connectivity index (χ0n) is 14.5. The van der Waals surface area contributed by atoms with Crippen LogP contribution in [0.1, 0.15) is 26.8 Å². The highest BCUT2D eigenvalue weighted by Crippen LogP contribution is 2.23. The summed E-state index contributed by atoms with van der Waals surface area (Å²) in [6, 6.07) is 0. The molecule has 0 bridgehead atoms. The van der Waals surface area contributed by atoms with Crippen molar-refractivity contribution in [3.63, 3.8) is 0 Å². The van der Waals surface area contributed by atoms with E-state index in [4.69, 9.17) is 0 Å². The molecule has 0 unspecified atom stereocenters. The summed E-state index contributed by atoms with van der Waals surface area (Å²) in [6.07, 6.45) is 0. The van der Waals surface area contributed by atoms with Crippen LogP contribution in [0.25, 0.3) is 0 Å². The number of rotatable bonds is 3. The van der Waals surface area contributed by atoms with Crippen molar-refractivity contribution < 1.29 is 4.79 Å². The highest BCUT2D eigenvalue weighted by molar-refractivity contribution is 7.12. The number of amides is 1. The quantitative estimate of drug-likeness (QED) is 0.914. The minimum atomic E-state index is -0.155. The van der Waals surface area contributed by atoms with Crippen molar-refractivity contribution in [1.29, 1.82) is 0 Å². The van der Waals surface area contributed by atoms with E-state index in [1.54, 1.807) is 5.51 Å². The fraction of sp³-hybridized carbons (Fsp3) is 0.500. The van der Waals surface area contributed by atoms with Gasteiger partial charge >= 0.3 is 0 Å². The normalized spacial score (nSPS) is 15.6. The molecule has 1 aliphatic rings. The zero-order chi connectivity index (χ0) is 17.3. The molecule has 0 spiro atoms. The van der Waals surface area contributed by atoms with Crippen molar-refractivity contribution in [2.24, 2.45) is 0 Å². The van der Waals surface area contributed by atoms with Gasteiger partial charge in [-0.2, -0.15) is 0 Å². The van der Waals surface area contributed by atoms with Gasteiger partial charge in [0, 0.05) is 26.2 Å². The lowest BCUT2D eigenvalue weighted by Crippen LogP contribution is -2.45. The van der Waals surface area contributed by atoms with Gasteiger partial charge in [-0.15, -0.1) is 11.3 Å². The molecule has 1 aliphatic heterocycles. The number of aryl methyl sites for hydroxylation is 3. The molecule has 128 valence electrons. The maximum Gasteiger partial charge on any atom is 0.267 e. The van der Waals surface area contributed by atoms with Crippen molar-refractivity contribution in [1.82, 2.24) is 19.9 Å². The van der Waals surface area contributed by atoms with Crippen LogP contribution in [0.5, 0.6) is 0 Å². The molecule has 0 aliphatic carbocycles. The third-order valence-corrected chi connectivity index (χ3v) is 5.16. The molecule has 3 heterocycles. The smallest absolute Gasteiger partial charge is 0.267 e. The monoisotopic (exact) mass is 346 g/mol. The Labute approximate surface area is 145 Å². The van der Waals surface area contributed by atoms with E-state index in [0.717, 1.165) is 49.2 Å². The van der Waals surface area contributed by atoms with Gasteiger partial charge in [-0.1, -0.05) is 0 Å². The molecule has 1 fully saturated rings. The molecule has 2 aromatic rings. The average Bonchev–Trinajstić information content (AvgIpc) is 2.97. The molecule has 1 saturated heterocycles. The third kappa shape index (κ3) is 3.39. The minimum absolute atomic E-state index is 0.155. The van der Waals surface area contributed by atoms with Crippen LogP contribution in [0, 0.1) is 20.8 Å². The number of nitrogens with one attached hydrogen (secondary N) is 1. The fourth-order valence-electron chi connectivity index (χ4n) is 2.72. The summed E-state index contributed by atoms with van der Waals surface area (Å²) in [7, 11) is 2.12. The molecule has 1 N–H and O–H groups in total. The van der Waals surface area contributed by atoms with Crippen molar-refractivity contribution >= 4 is 28.9 Å². The van der Waals surface area contributed by atoms with Gasteiger partial charge < -0.3 is 15.1 Å². The Balaban J connectivity index is 1.80. The molecule has 0 atom stereocenters. The second kappa shape index (κ2) is 6.82. The Morgan fingerprint density at radius 1 is 1.08 bits per heavy atom. The molecule has 7 nitrogen and oxygen atoms in total. The summed E-state index contributed by atoms with van der Waals surface area (Å²) >= 11 is 1.34. The second-order valence-corrected chi connectivity index (χ2v) is 6.94. The van der Waals surface area contributed by atoms with Crippen LogP contribution in [-0.2, 0) is 0 Å². The molecular weight excluding hydrogens is 324 g/mol. The topological polar surface area (TPSA) is 74.2 Å². The van der Waals surface area contributed by atoms with Crippen LogP contribution < -0.4 is 10.2 Å². The molecule has 8 heteroatoms. The fourth-order valence-corrected chi connectivity index (χ4v) is 3.42. The SMILES string of the molecule is Cc1ncsc1C(=O)Nc1c(C)nc(N2CCN(C)CC2)nc1C. The maximum absolute atomic E-state index is 12.4. The van der Waals surface area contributed by atoms with Crippen LogP contribution in [-0.4, -0.2) is 59.0 Å². The second-order valence-electron chi connectivity index (χ2n) is 6.08. The summed E-state index contributed by atoms with van der Waals surface area (Å²) in [4.78, 5) is 30.9. The van der Waals surface area contributed by atoms with Crippen molar-refractivity contribution in [2.75, 3.05) is 43.4 Å². The lowest BCUT2D eigenvalue weighted by atomic mass is 10.2. The summed E-state index contributed by atoms with van der Waals surface area (Å²) in [6.45, 7) is 9.49. The first-order valence-corrected chi connectivity index (χ1v) is 8.84. The van der Waals surface area contributed by atoms with E-state index in [2.05, 4.69) is 37.1 Å². The molecular formula is C16H22N6OS. The van der Waals surface area contributed by atoms with E-state index >= 15 is 0 Å². The maximum atomic E-state index is 12.4. The molecule has 2 aromatic heterocycles. The molecule has 0 aromatic carbocycles. The van der Waals surface area contributed by atoms with Crippen molar-refractivity contribution in [3.05, 3.63) is 27.5 Å². The Kier molecular flexibility index (Phi) is 4.77. The number of thiazole rings is 1. The molecule has 1 amide bonds. The van der Waals surface area contributed by atoms with Gasteiger partial charge in [0.1, 0.15) is 4.88 Å². The predicted octanol–water partition coefficient (Wildman–Crippen LogP) is 1.86. The molecule has 24 heavy (non-hydrogen) atoms. The largest absolute Gasteiger partial charge is 0.338 e. The number of nitrogens with zero attached hydrogens (tertiary/aromatic N) is 5. The zero-order valence-corrected chi connectivity index (χ0v) is 15.3. The van der Waals surface area contributed by atoms with Crippen LogP contribution in [0.15, 0.2) is 5.51 Å².